The Morgan fingerprint density at radius 2 is 2.33 bits per heavy atom. The van der Waals surface area contributed by atoms with Crippen LogP contribution in [0.2, 0.25) is 0 Å². The van der Waals surface area contributed by atoms with Crippen LogP contribution in [0.4, 0.5) is 0 Å². The molecule has 114 valence electrons. The smallest absolute Gasteiger partial charge is 0.270 e. The van der Waals surface area contributed by atoms with Gasteiger partial charge in [-0.2, -0.15) is 0 Å². The quantitative estimate of drug-likeness (QED) is 0.320. The maximum absolute atomic E-state index is 12.2. The summed E-state index contributed by atoms with van der Waals surface area (Å²) in [5.74, 6) is 0.185. The van der Waals surface area contributed by atoms with E-state index in [1.54, 1.807) is 12.1 Å². The van der Waals surface area contributed by atoms with E-state index < -0.39 is 0 Å². The first kappa shape index (κ1) is 15.2. The summed E-state index contributed by atoms with van der Waals surface area (Å²) in [7, 11) is 2.09. The number of likely N-dealkylation sites (tertiary alicyclic amines) is 1. The van der Waals surface area contributed by atoms with Crippen molar-refractivity contribution in [1.29, 1.82) is 0 Å². The molecule has 2 atom stereocenters. The van der Waals surface area contributed by atoms with Crippen LogP contribution in [0.3, 0.4) is 0 Å². The number of nitrogens with two attached hydrogens (primary N) is 1. The molecule has 1 aromatic heterocycles. The minimum atomic E-state index is -0.192. The van der Waals surface area contributed by atoms with Crippen molar-refractivity contribution in [3.05, 3.63) is 29.6 Å². The number of carbonyl (C=O) groups is 1. The van der Waals surface area contributed by atoms with Crippen molar-refractivity contribution in [2.45, 2.75) is 19.4 Å². The number of carbonyl (C=O) groups excluding carboxylic acids is 1. The van der Waals surface area contributed by atoms with Crippen LogP contribution in [0.25, 0.3) is 0 Å². The summed E-state index contributed by atoms with van der Waals surface area (Å²) in [6, 6.07) is 3.34. The van der Waals surface area contributed by atoms with Crippen LogP contribution in [0.5, 0.6) is 0 Å². The number of hydrogen-bond acceptors (Lipinski definition) is 5. The molecule has 2 unspecified atom stereocenters. The molecule has 4 N–H and O–H groups in total. The van der Waals surface area contributed by atoms with Crippen molar-refractivity contribution in [3.8, 4) is 0 Å². The van der Waals surface area contributed by atoms with Gasteiger partial charge < -0.3 is 21.2 Å². The summed E-state index contributed by atoms with van der Waals surface area (Å²) in [5.41, 5.74) is 6.26. The molecule has 7 nitrogen and oxygen atoms in total. The van der Waals surface area contributed by atoms with Gasteiger partial charge in [0.25, 0.3) is 5.91 Å². The topological polar surface area (TPSA) is 104 Å². The molecule has 7 heteroatoms. The number of aromatic nitrogens is 1. The van der Waals surface area contributed by atoms with E-state index in [9.17, 15) is 4.79 Å². The van der Waals surface area contributed by atoms with Crippen LogP contribution in [0.1, 0.15) is 29.4 Å². The summed E-state index contributed by atoms with van der Waals surface area (Å²) in [5, 5.41) is 14.5. The Morgan fingerprint density at radius 3 is 2.90 bits per heavy atom. The fraction of sp³-hybridized carbons (Fsp3) is 0.500. The number of nitrogens with one attached hydrogen (secondary N) is 1. The Bertz CT molecular complexity index is 529. The Labute approximate surface area is 123 Å². The molecule has 1 fully saturated rings. The van der Waals surface area contributed by atoms with Crippen molar-refractivity contribution in [2.75, 3.05) is 20.1 Å². The second kappa shape index (κ2) is 6.53. The number of nitrogens with zero attached hydrogens (tertiary/aromatic N) is 3. The Morgan fingerprint density at radius 1 is 1.57 bits per heavy atom. The minimum absolute atomic E-state index is 0.0293. The SMILES string of the molecule is CC1CN(C)CCC1NC(=O)c1ccc(/C(N)=N/O)cn1. The Kier molecular flexibility index (Phi) is 4.74. The predicted octanol–water partition coefficient (Wildman–Crippen LogP) is 0.246. The average Bonchev–Trinajstić information content (AvgIpc) is 2.49. The normalized spacial score (nSPS) is 23.8. The van der Waals surface area contributed by atoms with Gasteiger partial charge in [-0.05, 0) is 38.1 Å². The molecule has 1 amide bonds. The second-order valence-corrected chi connectivity index (χ2v) is 5.53. The summed E-state index contributed by atoms with van der Waals surface area (Å²) in [6.45, 7) is 4.08. The van der Waals surface area contributed by atoms with E-state index in [1.807, 2.05) is 0 Å². The van der Waals surface area contributed by atoms with Crippen LogP contribution >= 0.6 is 0 Å². The first-order valence-corrected chi connectivity index (χ1v) is 6.94. The van der Waals surface area contributed by atoms with Crippen molar-refractivity contribution >= 4 is 11.7 Å². The molecular weight excluding hydrogens is 270 g/mol. The highest BCUT2D eigenvalue weighted by atomic mass is 16.4. The number of rotatable bonds is 3. The summed E-state index contributed by atoms with van der Waals surface area (Å²) in [4.78, 5) is 18.5. The third kappa shape index (κ3) is 3.69. The average molecular weight is 291 g/mol. The first-order valence-electron chi connectivity index (χ1n) is 6.94. The van der Waals surface area contributed by atoms with Gasteiger partial charge in [-0.15, -0.1) is 0 Å². The minimum Gasteiger partial charge on any atom is -0.409 e. The second-order valence-electron chi connectivity index (χ2n) is 5.53. The van der Waals surface area contributed by atoms with Gasteiger partial charge in [-0.25, -0.2) is 0 Å². The lowest BCUT2D eigenvalue weighted by Crippen LogP contribution is -2.49. The lowest BCUT2D eigenvalue weighted by atomic mass is 9.94. The van der Waals surface area contributed by atoms with Crippen molar-refractivity contribution in [3.63, 3.8) is 0 Å². The molecule has 0 bridgehead atoms. The Balaban J connectivity index is 2.00. The zero-order chi connectivity index (χ0) is 15.4. The van der Waals surface area contributed by atoms with E-state index in [0.717, 1.165) is 19.5 Å². The molecule has 0 radical (unpaired) electrons. The number of oxime groups is 1. The van der Waals surface area contributed by atoms with Crippen molar-refractivity contribution in [1.82, 2.24) is 15.2 Å². The van der Waals surface area contributed by atoms with Crippen molar-refractivity contribution < 1.29 is 10.0 Å². The third-order valence-electron chi connectivity index (χ3n) is 3.82. The molecule has 0 saturated carbocycles. The number of hydrogen-bond donors (Lipinski definition) is 3. The lowest BCUT2D eigenvalue weighted by molar-refractivity contribution is 0.0879. The summed E-state index contributed by atoms with van der Waals surface area (Å²) in [6.07, 6.45) is 2.35. The Hall–Kier alpha value is -2.15. The highest BCUT2D eigenvalue weighted by Gasteiger charge is 2.26. The number of pyridine rings is 1. The maximum atomic E-state index is 12.2. The lowest BCUT2D eigenvalue weighted by Gasteiger charge is -2.35. The molecule has 21 heavy (non-hydrogen) atoms. The largest absolute Gasteiger partial charge is 0.409 e. The zero-order valence-electron chi connectivity index (χ0n) is 12.3. The zero-order valence-corrected chi connectivity index (χ0v) is 12.3. The molecule has 0 spiro atoms. The van der Waals surface area contributed by atoms with Crippen molar-refractivity contribution in [2.24, 2.45) is 16.8 Å². The highest BCUT2D eigenvalue weighted by Crippen LogP contribution is 2.15. The first-order chi connectivity index (χ1) is 10.0. The van der Waals surface area contributed by atoms with Gasteiger partial charge in [0, 0.05) is 24.3 Å². The van der Waals surface area contributed by atoms with E-state index >= 15 is 0 Å². The molecule has 1 aliphatic rings. The van der Waals surface area contributed by atoms with Gasteiger partial charge in [0.1, 0.15) is 5.69 Å². The van der Waals surface area contributed by atoms with Gasteiger partial charge in [0.05, 0.1) is 0 Å². The third-order valence-corrected chi connectivity index (χ3v) is 3.82. The summed E-state index contributed by atoms with van der Waals surface area (Å²) < 4.78 is 0. The molecule has 0 aliphatic carbocycles. The monoisotopic (exact) mass is 291 g/mol. The molecule has 2 rings (SSSR count). The molecule has 2 heterocycles. The van der Waals surface area contributed by atoms with Gasteiger partial charge >= 0.3 is 0 Å². The van der Waals surface area contributed by atoms with Crippen LogP contribution < -0.4 is 11.1 Å². The highest BCUT2D eigenvalue weighted by molar-refractivity contribution is 5.98. The van der Waals surface area contributed by atoms with Gasteiger partial charge in [-0.3, -0.25) is 9.78 Å². The molecular formula is C14H21N5O2. The maximum Gasteiger partial charge on any atom is 0.270 e. The van der Waals surface area contributed by atoms with E-state index in [0.29, 0.717) is 17.2 Å². The molecule has 1 saturated heterocycles. The number of amides is 1. The van der Waals surface area contributed by atoms with Crippen LogP contribution in [0.15, 0.2) is 23.5 Å². The van der Waals surface area contributed by atoms with E-state index in [4.69, 9.17) is 10.9 Å². The van der Waals surface area contributed by atoms with E-state index in [2.05, 4.69) is 34.3 Å². The molecule has 0 aromatic carbocycles. The number of amidine groups is 1. The van der Waals surface area contributed by atoms with Crippen LogP contribution in [0, 0.1) is 5.92 Å². The van der Waals surface area contributed by atoms with E-state index in [1.165, 1.54) is 6.20 Å². The van der Waals surface area contributed by atoms with Gasteiger partial charge in [0.2, 0.25) is 0 Å². The summed E-state index contributed by atoms with van der Waals surface area (Å²) >= 11 is 0. The van der Waals surface area contributed by atoms with Crippen LogP contribution in [-0.4, -0.2) is 53.0 Å². The fourth-order valence-electron chi connectivity index (χ4n) is 2.55. The van der Waals surface area contributed by atoms with Crippen LogP contribution in [-0.2, 0) is 0 Å². The molecule has 1 aromatic rings. The van der Waals surface area contributed by atoms with E-state index in [-0.39, 0.29) is 17.8 Å². The predicted molar refractivity (Wildman–Crippen MR) is 79.3 cm³/mol. The fourth-order valence-corrected chi connectivity index (χ4v) is 2.55. The molecule has 1 aliphatic heterocycles. The number of piperidine rings is 1. The van der Waals surface area contributed by atoms with Gasteiger partial charge in [0.15, 0.2) is 5.84 Å². The van der Waals surface area contributed by atoms with Gasteiger partial charge in [-0.1, -0.05) is 12.1 Å². The standard InChI is InChI=1S/C14H21N5O2/c1-9-8-19(2)6-5-11(9)17-14(20)12-4-3-10(7-16-12)13(15)18-21/h3-4,7,9,11,21H,5-6,8H2,1-2H3,(H2,15,18)(H,17,20).